The van der Waals surface area contributed by atoms with E-state index in [0.717, 1.165) is 29.4 Å². The molecule has 0 aliphatic heterocycles. The molecular formula is C12H16N4OS. The average Bonchev–Trinajstić information content (AvgIpc) is 2.84. The second-order valence-corrected chi connectivity index (χ2v) is 5.80. The van der Waals surface area contributed by atoms with Crippen molar-refractivity contribution in [1.29, 1.82) is 0 Å². The summed E-state index contributed by atoms with van der Waals surface area (Å²) in [4.78, 5) is 17.0. The van der Waals surface area contributed by atoms with E-state index in [1.54, 1.807) is 11.3 Å². The predicted molar refractivity (Wildman–Crippen MR) is 70.6 cm³/mol. The first-order chi connectivity index (χ1) is 8.70. The number of amides is 2. The van der Waals surface area contributed by atoms with Crippen LogP contribution in [-0.2, 0) is 6.54 Å². The Balaban J connectivity index is 1.48. The van der Waals surface area contributed by atoms with E-state index in [1.165, 1.54) is 0 Å². The second kappa shape index (κ2) is 4.61. The van der Waals surface area contributed by atoms with Crippen LogP contribution >= 0.6 is 11.3 Å². The molecule has 2 aromatic heterocycles. The SMILES string of the molecule is CC1CC(NC(=O)NCc2cn3ccsc3n2)C1. The van der Waals surface area contributed by atoms with E-state index in [-0.39, 0.29) is 6.03 Å². The van der Waals surface area contributed by atoms with E-state index < -0.39 is 0 Å². The highest BCUT2D eigenvalue weighted by atomic mass is 32.1. The Morgan fingerprint density at radius 1 is 1.61 bits per heavy atom. The molecule has 0 aromatic carbocycles. The molecule has 0 atom stereocenters. The lowest BCUT2D eigenvalue weighted by atomic mass is 9.82. The Morgan fingerprint density at radius 3 is 3.17 bits per heavy atom. The van der Waals surface area contributed by atoms with Gasteiger partial charge in [0, 0.05) is 23.8 Å². The third-order valence-corrected chi connectivity index (χ3v) is 4.05. The van der Waals surface area contributed by atoms with Crippen LogP contribution in [-0.4, -0.2) is 21.5 Å². The molecule has 1 aliphatic carbocycles. The van der Waals surface area contributed by atoms with E-state index in [2.05, 4.69) is 22.5 Å². The van der Waals surface area contributed by atoms with Crippen LogP contribution in [0.5, 0.6) is 0 Å². The first-order valence-corrected chi connectivity index (χ1v) is 7.04. The average molecular weight is 264 g/mol. The fraction of sp³-hybridized carbons (Fsp3) is 0.500. The van der Waals surface area contributed by atoms with E-state index in [4.69, 9.17) is 0 Å². The van der Waals surface area contributed by atoms with Crippen molar-refractivity contribution in [3.05, 3.63) is 23.5 Å². The van der Waals surface area contributed by atoms with Crippen molar-refractivity contribution in [3.63, 3.8) is 0 Å². The minimum absolute atomic E-state index is 0.0942. The predicted octanol–water partition coefficient (Wildman–Crippen LogP) is 1.99. The summed E-state index contributed by atoms with van der Waals surface area (Å²) in [6.45, 7) is 2.68. The van der Waals surface area contributed by atoms with Crippen molar-refractivity contribution in [1.82, 2.24) is 20.0 Å². The number of hydrogen-bond donors (Lipinski definition) is 2. The molecule has 1 fully saturated rings. The molecule has 2 heterocycles. The number of carbonyl (C=O) groups is 1. The normalized spacial score (nSPS) is 22.7. The maximum absolute atomic E-state index is 11.6. The number of imidazole rings is 1. The van der Waals surface area contributed by atoms with Gasteiger partial charge in [-0.2, -0.15) is 0 Å². The van der Waals surface area contributed by atoms with Crippen LogP contribution in [0.3, 0.4) is 0 Å². The van der Waals surface area contributed by atoms with Gasteiger partial charge in [-0.1, -0.05) is 6.92 Å². The molecular weight excluding hydrogens is 248 g/mol. The van der Waals surface area contributed by atoms with Crippen molar-refractivity contribution >= 4 is 22.3 Å². The van der Waals surface area contributed by atoms with Crippen molar-refractivity contribution in [2.75, 3.05) is 0 Å². The molecule has 2 N–H and O–H groups in total. The Labute approximate surface area is 109 Å². The Kier molecular flexibility index (Phi) is 2.95. The Morgan fingerprint density at radius 2 is 2.44 bits per heavy atom. The van der Waals surface area contributed by atoms with Crippen molar-refractivity contribution in [3.8, 4) is 0 Å². The Bertz CT molecular complexity index is 527. The van der Waals surface area contributed by atoms with E-state index in [0.29, 0.717) is 12.6 Å². The third-order valence-electron chi connectivity index (χ3n) is 3.28. The number of hydrogen-bond acceptors (Lipinski definition) is 3. The van der Waals surface area contributed by atoms with E-state index >= 15 is 0 Å². The summed E-state index contributed by atoms with van der Waals surface area (Å²) in [7, 11) is 0. The molecule has 0 saturated heterocycles. The quantitative estimate of drug-likeness (QED) is 0.890. The fourth-order valence-electron chi connectivity index (χ4n) is 2.29. The molecule has 2 amide bonds. The van der Waals surface area contributed by atoms with Crippen molar-refractivity contribution in [2.24, 2.45) is 5.92 Å². The maximum Gasteiger partial charge on any atom is 0.315 e. The highest BCUT2D eigenvalue weighted by Crippen LogP contribution is 2.25. The molecule has 18 heavy (non-hydrogen) atoms. The van der Waals surface area contributed by atoms with E-state index in [1.807, 2.05) is 22.2 Å². The van der Waals surface area contributed by atoms with Gasteiger partial charge in [-0.3, -0.25) is 4.40 Å². The van der Waals surface area contributed by atoms with Gasteiger partial charge < -0.3 is 10.6 Å². The van der Waals surface area contributed by atoms with E-state index in [9.17, 15) is 4.79 Å². The van der Waals surface area contributed by atoms with Crippen LogP contribution in [0.2, 0.25) is 0 Å². The van der Waals surface area contributed by atoms with Gasteiger partial charge in [0.25, 0.3) is 0 Å². The number of fused-ring (bicyclic) bond motifs is 1. The number of nitrogens with zero attached hydrogens (tertiary/aromatic N) is 2. The summed E-state index contributed by atoms with van der Waals surface area (Å²) < 4.78 is 1.97. The zero-order valence-electron chi connectivity index (χ0n) is 10.2. The van der Waals surface area contributed by atoms with Gasteiger partial charge in [-0.25, -0.2) is 9.78 Å². The van der Waals surface area contributed by atoms with Gasteiger partial charge >= 0.3 is 6.03 Å². The molecule has 96 valence electrons. The van der Waals surface area contributed by atoms with Crippen LogP contribution in [0.25, 0.3) is 4.96 Å². The van der Waals surface area contributed by atoms with Crippen LogP contribution in [0.15, 0.2) is 17.8 Å². The standard InChI is InChI=1S/C12H16N4OS/c1-8-4-9(5-8)14-11(17)13-6-10-7-16-2-3-18-12(16)15-10/h2-3,7-9H,4-6H2,1H3,(H2,13,14,17). The summed E-state index contributed by atoms with van der Waals surface area (Å²) in [5.74, 6) is 0.746. The molecule has 1 saturated carbocycles. The Hall–Kier alpha value is -1.56. The minimum Gasteiger partial charge on any atom is -0.335 e. The summed E-state index contributed by atoms with van der Waals surface area (Å²) >= 11 is 1.59. The van der Waals surface area contributed by atoms with Gasteiger partial charge in [-0.15, -0.1) is 11.3 Å². The molecule has 1 aliphatic rings. The zero-order valence-corrected chi connectivity index (χ0v) is 11.0. The molecule has 0 unspecified atom stereocenters. The first-order valence-electron chi connectivity index (χ1n) is 6.16. The van der Waals surface area contributed by atoms with Gasteiger partial charge in [0.1, 0.15) is 0 Å². The smallest absolute Gasteiger partial charge is 0.315 e. The number of thiazole rings is 1. The molecule has 0 spiro atoms. The van der Waals surface area contributed by atoms with Crippen LogP contribution in [0.4, 0.5) is 4.79 Å². The van der Waals surface area contributed by atoms with Crippen molar-refractivity contribution in [2.45, 2.75) is 32.4 Å². The topological polar surface area (TPSA) is 58.4 Å². The lowest BCUT2D eigenvalue weighted by Crippen LogP contribution is -2.47. The van der Waals surface area contributed by atoms with Crippen LogP contribution in [0, 0.1) is 5.92 Å². The lowest BCUT2D eigenvalue weighted by molar-refractivity contribution is 0.210. The summed E-state index contributed by atoms with van der Waals surface area (Å²) in [6, 6.07) is 0.258. The van der Waals surface area contributed by atoms with Crippen molar-refractivity contribution < 1.29 is 4.79 Å². The molecule has 2 aromatic rings. The largest absolute Gasteiger partial charge is 0.335 e. The third kappa shape index (κ3) is 2.33. The minimum atomic E-state index is -0.0942. The highest BCUT2D eigenvalue weighted by molar-refractivity contribution is 7.15. The number of urea groups is 1. The molecule has 3 rings (SSSR count). The number of aromatic nitrogens is 2. The zero-order chi connectivity index (χ0) is 12.5. The second-order valence-electron chi connectivity index (χ2n) is 4.93. The molecule has 0 radical (unpaired) electrons. The monoisotopic (exact) mass is 264 g/mol. The number of carbonyl (C=O) groups excluding carboxylic acids is 1. The number of rotatable bonds is 3. The maximum atomic E-state index is 11.6. The van der Waals surface area contributed by atoms with Crippen LogP contribution < -0.4 is 10.6 Å². The van der Waals surface area contributed by atoms with Gasteiger partial charge in [0.05, 0.1) is 12.2 Å². The van der Waals surface area contributed by atoms with Crippen LogP contribution in [0.1, 0.15) is 25.5 Å². The summed E-state index contributed by atoms with van der Waals surface area (Å²) in [6.07, 6.45) is 6.09. The van der Waals surface area contributed by atoms with Gasteiger partial charge in [0.2, 0.25) is 0 Å². The summed E-state index contributed by atoms with van der Waals surface area (Å²) in [5.41, 5.74) is 0.888. The van der Waals surface area contributed by atoms with Gasteiger partial charge in [0.15, 0.2) is 4.96 Å². The molecule has 0 bridgehead atoms. The number of nitrogens with one attached hydrogen (secondary N) is 2. The highest BCUT2D eigenvalue weighted by Gasteiger charge is 2.26. The molecule has 6 heteroatoms. The lowest BCUT2D eigenvalue weighted by Gasteiger charge is -2.33. The molecule has 5 nitrogen and oxygen atoms in total. The fourth-order valence-corrected chi connectivity index (χ4v) is 3.01. The first kappa shape index (κ1) is 11.5. The summed E-state index contributed by atoms with van der Waals surface area (Å²) in [5, 5.41) is 7.80. The van der Waals surface area contributed by atoms with Gasteiger partial charge in [-0.05, 0) is 18.8 Å².